The number of carbonyl (C=O) groups is 1. The first-order chi connectivity index (χ1) is 10.00. The summed E-state index contributed by atoms with van der Waals surface area (Å²) in [5, 5.41) is 3.48. The van der Waals surface area contributed by atoms with Gasteiger partial charge in [0.15, 0.2) is 0 Å². The standard InChI is InChI=1S/C17H33N3O/c1-4-10-19-17(16(18)21)9-5-7-14(12-17)20-11-6-8-15(20)13(2)3/h13-15,19H,4-12H2,1-3H3,(H2,18,21). The van der Waals surface area contributed by atoms with E-state index in [0.717, 1.165) is 32.2 Å². The van der Waals surface area contributed by atoms with Gasteiger partial charge < -0.3 is 11.1 Å². The van der Waals surface area contributed by atoms with Crippen molar-refractivity contribution in [2.24, 2.45) is 11.7 Å². The second-order valence-electron chi connectivity index (χ2n) is 7.31. The van der Waals surface area contributed by atoms with E-state index in [0.29, 0.717) is 18.0 Å². The third-order valence-corrected chi connectivity index (χ3v) is 5.49. The van der Waals surface area contributed by atoms with E-state index >= 15 is 0 Å². The van der Waals surface area contributed by atoms with Crippen LogP contribution in [0.15, 0.2) is 0 Å². The molecule has 3 unspecified atom stereocenters. The summed E-state index contributed by atoms with van der Waals surface area (Å²) >= 11 is 0. The number of carbonyl (C=O) groups excluding carboxylic acids is 1. The molecular weight excluding hydrogens is 262 g/mol. The van der Waals surface area contributed by atoms with E-state index in [9.17, 15) is 4.79 Å². The summed E-state index contributed by atoms with van der Waals surface area (Å²) in [6.07, 6.45) is 7.76. The zero-order valence-corrected chi connectivity index (χ0v) is 14.0. The Bertz CT molecular complexity index is 358. The van der Waals surface area contributed by atoms with Crippen LogP contribution in [0.2, 0.25) is 0 Å². The van der Waals surface area contributed by atoms with Gasteiger partial charge in [0.2, 0.25) is 5.91 Å². The van der Waals surface area contributed by atoms with Crippen LogP contribution in [0.3, 0.4) is 0 Å². The predicted octanol–water partition coefficient (Wildman–Crippen LogP) is 2.27. The SMILES string of the molecule is CCCNC1(C(N)=O)CCCC(N2CCCC2C(C)C)C1. The Morgan fingerprint density at radius 1 is 1.38 bits per heavy atom. The van der Waals surface area contributed by atoms with E-state index in [1.54, 1.807) is 0 Å². The zero-order chi connectivity index (χ0) is 15.5. The van der Waals surface area contributed by atoms with Crippen LogP contribution >= 0.6 is 0 Å². The molecule has 0 aromatic rings. The summed E-state index contributed by atoms with van der Waals surface area (Å²) in [5.74, 6) is 0.543. The molecular formula is C17H33N3O. The Kier molecular flexibility index (Phi) is 5.67. The number of hydrogen-bond acceptors (Lipinski definition) is 3. The molecule has 4 heteroatoms. The maximum Gasteiger partial charge on any atom is 0.237 e. The Balaban J connectivity index is 2.09. The van der Waals surface area contributed by atoms with Crippen LogP contribution in [-0.4, -0.2) is 41.5 Å². The van der Waals surface area contributed by atoms with Crippen molar-refractivity contribution < 1.29 is 4.79 Å². The molecule has 2 fully saturated rings. The van der Waals surface area contributed by atoms with Crippen LogP contribution in [0.5, 0.6) is 0 Å². The summed E-state index contributed by atoms with van der Waals surface area (Å²) in [4.78, 5) is 14.8. The third-order valence-electron chi connectivity index (χ3n) is 5.49. The van der Waals surface area contributed by atoms with Crippen molar-refractivity contribution >= 4 is 5.91 Å². The number of nitrogens with one attached hydrogen (secondary N) is 1. The second kappa shape index (κ2) is 7.10. The molecule has 0 aromatic heterocycles. The van der Waals surface area contributed by atoms with Gasteiger partial charge in [-0.15, -0.1) is 0 Å². The van der Waals surface area contributed by atoms with Gasteiger partial charge in [-0.05, 0) is 64.0 Å². The molecule has 3 N–H and O–H groups in total. The molecule has 1 aliphatic carbocycles. The number of hydrogen-bond donors (Lipinski definition) is 2. The van der Waals surface area contributed by atoms with E-state index in [-0.39, 0.29) is 5.91 Å². The smallest absolute Gasteiger partial charge is 0.237 e. The highest BCUT2D eigenvalue weighted by atomic mass is 16.1. The first-order valence-electron chi connectivity index (χ1n) is 8.81. The molecule has 21 heavy (non-hydrogen) atoms. The molecule has 1 heterocycles. The average molecular weight is 295 g/mol. The summed E-state index contributed by atoms with van der Waals surface area (Å²) in [6, 6.07) is 1.20. The number of likely N-dealkylation sites (tertiary alicyclic amines) is 1. The average Bonchev–Trinajstić information content (AvgIpc) is 2.95. The van der Waals surface area contributed by atoms with Crippen LogP contribution in [0.1, 0.15) is 65.7 Å². The fourth-order valence-electron chi connectivity index (χ4n) is 4.35. The van der Waals surface area contributed by atoms with Crippen LogP contribution < -0.4 is 11.1 Å². The second-order valence-corrected chi connectivity index (χ2v) is 7.31. The van der Waals surface area contributed by atoms with Gasteiger partial charge >= 0.3 is 0 Å². The number of amides is 1. The van der Waals surface area contributed by atoms with Crippen LogP contribution in [0.4, 0.5) is 0 Å². The minimum absolute atomic E-state index is 0.152. The normalized spacial score (nSPS) is 34.5. The third kappa shape index (κ3) is 3.59. The number of nitrogens with two attached hydrogens (primary N) is 1. The number of primary amides is 1. The Labute approximate surface area is 129 Å². The van der Waals surface area contributed by atoms with Crippen molar-refractivity contribution in [3.8, 4) is 0 Å². The lowest BCUT2D eigenvalue weighted by Gasteiger charge is -2.45. The molecule has 0 aromatic carbocycles. The fourth-order valence-corrected chi connectivity index (χ4v) is 4.35. The molecule has 0 radical (unpaired) electrons. The van der Waals surface area contributed by atoms with E-state index in [2.05, 4.69) is 31.0 Å². The van der Waals surface area contributed by atoms with Gasteiger partial charge in [-0.3, -0.25) is 9.69 Å². The highest BCUT2D eigenvalue weighted by Crippen LogP contribution is 2.36. The first kappa shape index (κ1) is 16.8. The Hall–Kier alpha value is -0.610. The van der Waals surface area contributed by atoms with Crippen molar-refractivity contribution in [2.75, 3.05) is 13.1 Å². The summed E-state index contributed by atoms with van der Waals surface area (Å²) < 4.78 is 0. The van der Waals surface area contributed by atoms with Crippen molar-refractivity contribution in [1.82, 2.24) is 10.2 Å². The van der Waals surface area contributed by atoms with Crippen molar-refractivity contribution in [3.63, 3.8) is 0 Å². The molecule has 3 atom stereocenters. The zero-order valence-electron chi connectivity index (χ0n) is 14.0. The number of rotatable bonds is 6. The molecule has 2 rings (SSSR count). The first-order valence-corrected chi connectivity index (χ1v) is 8.81. The van der Waals surface area contributed by atoms with E-state index in [4.69, 9.17) is 5.73 Å². The summed E-state index contributed by atoms with van der Waals surface area (Å²) in [5.41, 5.74) is 5.31. The maximum atomic E-state index is 12.1. The van der Waals surface area contributed by atoms with Crippen LogP contribution in [0.25, 0.3) is 0 Å². The van der Waals surface area contributed by atoms with Crippen molar-refractivity contribution in [2.45, 2.75) is 83.3 Å². The van der Waals surface area contributed by atoms with Gasteiger partial charge in [-0.1, -0.05) is 20.8 Å². The van der Waals surface area contributed by atoms with E-state index in [1.807, 2.05) is 0 Å². The topological polar surface area (TPSA) is 58.4 Å². The highest BCUT2D eigenvalue weighted by Gasteiger charge is 2.44. The predicted molar refractivity (Wildman–Crippen MR) is 87.0 cm³/mol. The van der Waals surface area contributed by atoms with Crippen LogP contribution in [0, 0.1) is 5.92 Å². The minimum Gasteiger partial charge on any atom is -0.368 e. The monoisotopic (exact) mass is 295 g/mol. The molecule has 2 aliphatic rings. The lowest BCUT2D eigenvalue weighted by atomic mass is 9.77. The Morgan fingerprint density at radius 2 is 2.14 bits per heavy atom. The van der Waals surface area contributed by atoms with Gasteiger partial charge in [0.1, 0.15) is 0 Å². The van der Waals surface area contributed by atoms with Crippen molar-refractivity contribution in [3.05, 3.63) is 0 Å². The lowest BCUT2D eigenvalue weighted by Crippen LogP contribution is -2.61. The highest BCUT2D eigenvalue weighted by molar-refractivity contribution is 5.84. The quantitative estimate of drug-likeness (QED) is 0.790. The maximum absolute atomic E-state index is 12.1. The van der Waals surface area contributed by atoms with Gasteiger partial charge in [0, 0.05) is 12.1 Å². The van der Waals surface area contributed by atoms with E-state index in [1.165, 1.54) is 25.8 Å². The van der Waals surface area contributed by atoms with E-state index < -0.39 is 5.54 Å². The van der Waals surface area contributed by atoms with Gasteiger partial charge in [0.05, 0.1) is 5.54 Å². The molecule has 122 valence electrons. The lowest BCUT2D eigenvalue weighted by molar-refractivity contribution is -0.127. The van der Waals surface area contributed by atoms with Crippen molar-refractivity contribution in [1.29, 1.82) is 0 Å². The fraction of sp³-hybridized carbons (Fsp3) is 0.941. The molecule has 0 bridgehead atoms. The molecule has 1 saturated heterocycles. The summed E-state index contributed by atoms with van der Waals surface area (Å²) in [7, 11) is 0. The summed E-state index contributed by atoms with van der Waals surface area (Å²) in [6.45, 7) is 8.85. The minimum atomic E-state index is -0.469. The molecule has 1 amide bonds. The molecule has 0 spiro atoms. The Morgan fingerprint density at radius 3 is 2.76 bits per heavy atom. The number of nitrogens with zero attached hydrogens (tertiary/aromatic N) is 1. The largest absolute Gasteiger partial charge is 0.368 e. The molecule has 1 aliphatic heterocycles. The molecule has 4 nitrogen and oxygen atoms in total. The van der Waals surface area contributed by atoms with Gasteiger partial charge in [-0.2, -0.15) is 0 Å². The van der Waals surface area contributed by atoms with Gasteiger partial charge in [-0.25, -0.2) is 0 Å². The molecule has 1 saturated carbocycles. The van der Waals surface area contributed by atoms with Gasteiger partial charge in [0.25, 0.3) is 0 Å². The van der Waals surface area contributed by atoms with Crippen LogP contribution in [-0.2, 0) is 4.79 Å².